The minimum absolute atomic E-state index is 0.0180. The zero-order chi connectivity index (χ0) is 23.8. The van der Waals surface area contributed by atoms with E-state index in [1.807, 2.05) is 54.8 Å². The number of hydrogen-bond acceptors (Lipinski definition) is 5. The second kappa shape index (κ2) is 11.7. The van der Waals surface area contributed by atoms with Crippen molar-refractivity contribution in [1.82, 2.24) is 10.2 Å². The Kier molecular flexibility index (Phi) is 8.20. The summed E-state index contributed by atoms with van der Waals surface area (Å²) in [5, 5.41) is 5.08. The van der Waals surface area contributed by atoms with Crippen LogP contribution < -0.4 is 14.8 Å². The van der Waals surface area contributed by atoms with Crippen LogP contribution >= 0.6 is 11.3 Å². The Labute approximate surface area is 204 Å². The van der Waals surface area contributed by atoms with E-state index in [1.54, 1.807) is 28.4 Å². The van der Waals surface area contributed by atoms with Gasteiger partial charge >= 0.3 is 0 Å². The summed E-state index contributed by atoms with van der Waals surface area (Å²) in [5.41, 5.74) is 1.18. The van der Waals surface area contributed by atoms with E-state index in [9.17, 15) is 9.59 Å². The van der Waals surface area contributed by atoms with Crippen LogP contribution in [0.3, 0.4) is 0 Å². The number of nitrogens with one attached hydrogen (secondary N) is 1. The standard InChI is InChI=1S/C27H30N2O4S/c1-20-4-6-23(7-5-20)33-24-10-8-22(9-11-24)32-19-26(30)29-16-13-21(14-17-29)27(31)28-15-12-25-3-2-18-34-25/h2-11,18,21H,12-17,19H2,1H3,(H,28,31). The summed E-state index contributed by atoms with van der Waals surface area (Å²) < 4.78 is 11.5. The molecule has 2 amide bonds. The Balaban J connectivity index is 1.15. The number of nitrogens with zero attached hydrogens (tertiary/aromatic N) is 1. The molecule has 7 heteroatoms. The summed E-state index contributed by atoms with van der Waals surface area (Å²) >= 11 is 1.70. The predicted octanol–water partition coefficient (Wildman–Crippen LogP) is 4.83. The highest BCUT2D eigenvalue weighted by molar-refractivity contribution is 7.09. The molecule has 1 aromatic heterocycles. The lowest BCUT2D eigenvalue weighted by Gasteiger charge is -2.31. The van der Waals surface area contributed by atoms with Gasteiger partial charge in [-0.15, -0.1) is 11.3 Å². The first-order valence-corrected chi connectivity index (χ1v) is 12.5. The second-order valence-electron chi connectivity index (χ2n) is 8.45. The molecule has 0 spiro atoms. The largest absolute Gasteiger partial charge is 0.484 e. The molecule has 3 aromatic rings. The molecule has 1 aliphatic rings. The molecule has 1 N–H and O–H groups in total. The van der Waals surface area contributed by atoms with Crippen LogP contribution in [-0.2, 0) is 16.0 Å². The Morgan fingerprint density at radius 1 is 0.971 bits per heavy atom. The first-order chi connectivity index (χ1) is 16.6. The fourth-order valence-corrected chi connectivity index (χ4v) is 4.59. The summed E-state index contributed by atoms with van der Waals surface area (Å²) in [7, 11) is 0. The number of amides is 2. The van der Waals surface area contributed by atoms with E-state index >= 15 is 0 Å². The van der Waals surface area contributed by atoms with E-state index in [4.69, 9.17) is 9.47 Å². The van der Waals surface area contributed by atoms with Crippen molar-refractivity contribution in [3.05, 3.63) is 76.5 Å². The molecule has 0 atom stereocenters. The number of benzene rings is 2. The normalized spacial score (nSPS) is 14.0. The molecule has 4 rings (SSSR count). The maximum atomic E-state index is 12.6. The number of carbonyl (C=O) groups is 2. The highest BCUT2D eigenvalue weighted by Crippen LogP contribution is 2.24. The van der Waals surface area contributed by atoms with Gasteiger partial charge in [-0.2, -0.15) is 0 Å². The molecule has 0 saturated carbocycles. The Morgan fingerprint density at radius 2 is 1.62 bits per heavy atom. The lowest BCUT2D eigenvalue weighted by atomic mass is 9.96. The predicted molar refractivity (Wildman–Crippen MR) is 134 cm³/mol. The maximum Gasteiger partial charge on any atom is 0.260 e. The van der Waals surface area contributed by atoms with E-state index in [0.29, 0.717) is 44.0 Å². The SMILES string of the molecule is Cc1ccc(Oc2ccc(OCC(=O)N3CCC(C(=O)NCCc4cccs4)CC3)cc2)cc1. The summed E-state index contributed by atoms with van der Waals surface area (Å²) in [4.78, 5) is 28.0. The number of rotatable bonds is 9. The minimum Gasteiger partial charge on any atom is -0.484 e. The van der Waals surface area contributed by atoms with Gasteiger partial charge in [0.15, 0.2) is 6.61 Å². The summed E-state index contributed by atoms with van der Waals surface area (Å²) in [5.74, 6) is 2.09. The zero-order valence-corrected chi connectivity index (χ0v) is 20.2. The van der Waals surface area contributed by atoms with Crippen molar-refractivity contribution in [3.8, 4) is 17.2 Å². The number of ether oxygens (including phenoxy) is 2. The highest BCUT2D eigenvalue weighted by atomic mass is 32.1. The van der Waals surface area contributed by atoms with Crippen molar-refractivity contribution in [2.45, 2.75) is 26.2 Å². The third kappa shape index (κ3) is 6.84. The molecule has 0 bridgehead atoms. The smallest absolute Gasteiger partial charge is 0.260 e. The zero-order valence-electron chi connectivity index (χ0n) is 19.4. The Morgan fingerprint density at radius 3 is 2.26 bits per heavy atom. The number of aryl methyl sites for hydroxylation is 1. The van der Waals surface area contributed by atoms with E-state index in [-0.39, 0.29) is 24.3 Å². The average Bonchev–Trinajstić information content (AvgIpc) is 3.38. The lowest BCUT2D eigenvalue weighted by Crippen LogP contribution is -2.44. The molecule has 0 unspecified atom stereocenters. The molecule has 1 aliphatic heterocycles. The third-order valence-electron chi connectivity index (χ3n) is 5.91. The molecule has 6 nitrogen and oxygen atoms in total. The van der Waals surface area contributed by atoms with Gasteiger partial charge in [0, 0.05) is 30.4 Å². The minimum atomic E-state index is -0.0588. The Bertz CT molecular complexity index is 1060. The fraction of sp³-hybridized carbons (Fsp3) is 0.333. The summed E-state index contributed by atoms with van der Waals surface area (Å²) in [6.45, 7) is 3.82. The van der Waals surface area contributed by atoms with Gasteiger partial charge in [0.1, 0.15) is 17.2 Å². The van der Waals surface area contributed by atoms with Gasteiger partial charge in [0.25, 0.3) is 5.91 Å². The first kappa shape index (κ1) is 23.8. The van der Waals surface area contributed by atoms with E-state index < -0.39 is 0 Å². The van der Waals surface area contributed by atoms with Crippen molar-refractivity contribution >= 4 is 23.2 Å². The van der Waals surface area contributed by atoms with E-state index in [1.165, 1.54) is 10.4 Å². The monoisotopic (exact) mass is 478 g/mol. The molecule has 178 valence electrons. The van der Waals surface area contributed by atoms with Crippen molar-refractivity contribution in [2.24, 2.45) is 5.92 Å². The number of likely N-dealkylation sites (tertiary alicyclic amines) is 1. The van der Waals surface area contributed by atoms with Gasteiger partial charge < -0.3 is 19.7 Å². The van der Waals surface area contributed by atoms with Crippen molar-refractivity contribution in [2.75, 3.05) is 26.2 Å². The number of piperidine rings is 1. The summed E-state index contributed by atoms with van der Waals surface area (Å²) in [6, 6.07) is 19.2. The fourth-order valence-electron chi connectivity index (χ4n) is 3.88. The van der Waals surface area contributed by atoms with Gasteiger partial charge in [-0.3, -0.25) is 9.59 Å². The van der Waals surface area contributed by atoms with Crippen molar-refractivity contribution in [1.29, 1.82) is 0 Å². The van der Waals surface area contributed by atoms with Crippen LogP contribution in [0, 0.1) is 12.8 Å². The average molecular weight is 479 g/mol. The topological polar surface area (TPSA) is 67.9 Å². The van der Waals surface area contributed by atoms with E-state index in [0.717, 1.165) is 12.2 Å². The lowest BCUT2D eigenvalue weighted by molar-refractivity contribution is -0.137. The van der Waals surface area contributed by atoms with Gasteiger partial charge in [-0.05, 0) is 74.0 Å². The molecule has 2 heterocycles. The molecule has 0 radical (unpaired) electrons. The second-order valence-corrected chi connectivity index (χ2v) is 9.48. The quantitative estimate of drug-likeness (QED) is 0.479. The first-order valence-electron chi connectivity index (χ1n) is 11.6. The van der Waals surface area contributed by atoms with Gasteiger partial charge in [-0.1, -0.05) is 23.8 Å². The van der Waals surface area contributed by atoms with Crippen LogP contribution in [0.25, 0.3) is 0 Å². The Hall–Kier alpha value is -3.32. The van der Waals surface area contributed by atoms with Crippen LogP contribution in [0.5, 0.6) is 17.2 Å². The van der Waals surface area contributed by atoms with Crippen molar-refractivity contribution in [3.63, 3.8) is 0 Å². The number of carbonyl (C=O) groups excluding carboxylic acids is 2. The van der Waals surface area contributed by atoms with Crippen LogP contribution in [0.15, 0.2) is 66.0 Å². The highest BCUT2D eigenvalue weighted by Gasteiger charge is 2.27. The maximum absolute atomic E-state index is 12.6. The van der Waals surface area contributed by atoms with E-state index in [2.05, 4.69) is 11.4 Å². The molecular weight excluding hydrogens is 448 g/mol. The molecule has 1 saturated heterocycles. The number of hydrogen-bond donors (Lipinski definition) is 1. The molecule has 1 fully saturated rings. The van der Waals surface area contributed by atoms with Crippen LogP contribution in [-0.4, -0.2) is 43.0 Å². The van der Waals surface area contributed by atoms with Gasteiger partial charge in [0.05, 0.1) is 0 Å². The molecule has 0 aliphatic carbocycles. The molecule has 2 aromatic carbocycles. The third-order valence-corrected chi connectivity index (χ3v) is 6.85. The van der Waals surface area contributed by atoms with Gasteiger partial charge in [-0.25, -0.2) is 0 Å². The summed E-state index contributed by atoms with van der Waals surface area (Å²) in [6.07, 6.45) is 2.22. The molecular formula is C27H30N2O4S. The van der Waals surface area contributed by atoms with Gasteiger partial charge in [0.2, 0.25) is 5.91 Å². The van der Waals surface area contributed by atoms with Crippen LogP contribution in [0.2, 0.25) is 0 Å². The molecule has 34 heavy (non-hydrogen) atoms. The number of thiophene rings is 1. The van der Waals surface area contributed by atoms with Crippen LogP contribution in [0.1, 0.15) is 23.3 Å². The van der Waals surface area contributed by atoms with Crippen LogP contribution in [0.4, 0.5) is 0 Å². The van der Waals surface area contributed by atoms with Crippen molar-refractivity contribution < 1.29 is 19.1 Å².